The molecule has 1 radical (unpaired) electrons. The number of rotatable bonds is 8. The van der Waals surface area contributed by atoms with Crippen molar-refractivity contribution in [1.29, 1.82) is 0 Å². The quantitative estimate of drug-likeness (QED) is 0.425. The minimum absolute atomic E-state index is 0.241. The molecule has 0 aliphatic rings. The van der Waals surface area contributed by atoms with Crippen LogP contribution in [0.5, 0.6) is 0 Å². The summed E-state index contributed by atoms with van der Waals surface area (Å²) in [5.74, 6) is 0. The zero-order valence-electron chi connectivity index (χ0n) is 6.39. The third-order valence-electron chi connectivity index (χ3n) is 1.12. The molecule has 0 heterocycles. The molecule has 0 aromatic carbocycles. The Morgan fingerprint density at radius 2 is 2.18 bits per heavy atom. The van der Waals surface area contributed by atoms with Gasteiger partial charge in [-0.25, -0.2) is 4.39 Å². The first kappa shape index (κ1) is 11.1. The summed E-state index contributed by atoms with van der Waals surface area (Å²) in [4.78, 5) is 0. The fraction of sp³-hybridized carbons (Fsp3) is 0.857. The van der Waals surface area contributed by atoms with Gasteiger partial charge in [0.25, 0.3) is 0 Å². The number of ether oxygens (including phenoxy) is 2. The van der Waals surface area contributed by atoms with Crippen LogP contribution < -0.4 is 0 Å². The molecule has 0 rings (SSSR count). The molecule has 0 saturated carbocycles. The van der Waals surface area contributed by atoms with E-state index in [9.17, 15) is 4.39 Å². The van der Waals surface area contributed by atoms with Crippen LogP contribution in [-0.4, -0.2) is 19.5 Å². The summed E-state index contributed by atoms with van der Waals surface area (Å²) < 4.78 is 20.6. The highest BCUT2D eigenvalue weighted by atomic mass is 35.5. The van der Waals surface area contributed by atoms with E-state index in [4.69, 9.17) is 16.3 Å². The Kier molecular flexibility index (Phi) is 10.3. The van der Waals surface area contributed by atoms with Crippen LogP contribution in [0.25, 0.3) is 0 Å². The van der Waals surface area contributed by atoms with Gasteiger partial charge in [0.1, 0.15) is 6.07 Å². The number of hydrogen-bond acceptors (Lipinski definition) is 2. The molecule has 0 aromatic heterocycles. The lowest BCUT2D eigenvalue weighted by atomic mass is 10.2. The maximum absolute atomic E-state index is 11.3. The molecule has 0 bridgehead atoms. The second-order valence-electron chi connectivity index (χ2n) is 1.96. The molecule has 67 valence electrons. The summed E-state index contributed by atoms with van der Waals surface area (Å²) in [7, 11) is 0. The van der Waals surface area contributed by atoms with Crippen LogP contribution in [0.2, 0.25) is 0 Å². The Balaban J connectivity index is 2.69. The van der Waals surface area contributed by atoms with E-state index in [1.54, 1.807) is 0 Å². The van der Waals surface area contributed by atoms with Crippen molar-refractivity contribution in [3.8, 4) is 0 Å². The van der Waals surface area contributed by atoms with Crippen LogP contribution in [0.15, 0.2) is 0 Å². The van der Waals surface area contributed by atoms with E-state index in [0.717, 1.165) is 19.3 Å². The van der Waals surface area contributed by atoms with Crippen molar-refractivity contribution in [2.45, 2.75) is 19.3 Å². The molecule has 0 amide bonds. The van der Waals surface area contributed by atoms with Gasteiger partial charge in [-0.05, 0) is 19.3 Å². The highest BCUT2D eigenvalue weighted by molar-refractivity contribution is 6.17. The Hall–Kier alpha value is 0.140. The van der Waals surface area contributed by atoms with Crippen LogP contribution in [0.4, 0.5) is 4.39 Å². The molecular weight excluding hydrogens is 171 g/mol. The Morgan fingerprint density at radius 3 is 2.82 bits per heavy atom. The van der Waals surface area contributed by atoms with E-state index in [-0.39, 0.29) is 6.07 Å². The molecule has 2 nitrogen and oxygen atoms in total. The van der Waals surface area contributed by atoms with Gasteiger partial charge in [0, 0.05) is 6.61 Å². The third-order valence-corrected chi connectivity index (χ3v) is 1.27. The minimum atomic E-state index is -0.738. The fourth-order valence-corrected chi connectivity index (χ4v) is 0.723. The summed E-state index contributed by atoms with van der Waals surface area (Å²) in [6.45, 7) is 1.39. The van der Waals surface area contributed by atoms with Gasteiger partial charge in [-0.1, -0.05) is 11.6 Å². The molecule has 0 spiro atoms. The molecule has 0 aromatic rings. The molecule has 11 heavy (non-hydrogen) atoms. The normalized spacial score (nSPS) is 10.4. The topological polar surface area (TPSA) is 18.5 Å². The van der Waals surface area contributed by atoms with Gasteiger partial charge in [0.2, 0.25) is 0 Å². The fourth-order valence-electron chi connectivity index (χ4n) is 0.614. The zero-order chi connectivity index (χ0) is 8.36. The van der Waals surface area contributed by atoms with E-state index in [0.29, 0.717) is 6.61 Å². The summed E-state index contributed by atoms with van der Waals surface area (Å²) in [6.07, 6.45) is 2.63. The minimum Gasteiger partial charge on any atom is -0.366 e. The smallest absolute Gasteiger partial charge is 0.188 e. The molecular formula is C7H13ClFO2. The van der Waals surface area contributed by atoms with Crippen LogP contribution in [0.3, 0.4) is 0 Å². The van der Waals surface area contributed by atoms with Crippen molar-refractivity contribution in [3.63, 3.8) is 0 Å². The summed E-state index contributed by atoms with van der Waals surface area (Å²) in [6, 6.07) is 0.241. The molecule has 0 atom stereocenters. The largest absolute Gasteiger partial charge is 0.366 e. The van der Waals surface area contributed by atoms with Crippen molar-refractivity contribution in [2.24, 2.45) is 0 Å². The van der Waals surface area contributed by atoms with E-state index in [2.05, 4.69) is 4.74 Å². The third kappa shape index (κ3) is 10.1. The van der Waals surface area contributed by atoms with E-state index in [1.165, 1.54) is 6.61 Å². The van der Waals surface area contributed by atoms with Gasteiger partial charge in [-0.2, -0.15) is 0 Å². The van der Waals surface area contributed by atoms with Crippen molar-refractivity contribution >= 4 is 11.6 Å². The van der Waals surface area contributed by atoms with Crippen molar-refractivity contribution in [2.75, 3.05) is 19.5 Å². The first-order valence-electron chi connectivity index (χ1n) is 3.54. The summed E-state index contributed by atoms with van der Waals surface area (Å²) >= 11 is 5.26. The van der Waals surface area contributed by atoms with Gasteiger partial charge in [0.15, 0.2) is 6.86 Å². The second kappa shape index (κ2) is 10.1. The SMILES string of the molecule is FCO[CH]CCCCOCCl. The standard InChI is InChI=1S/C7H13ClFO2/c8-6-10-4-2-1-3-5-11-7-9/h5H,1-4,6-7H2. The van der Waals surface area contributed by atoms with Gasteiger partial charge < -0.3 is 9.47 Å². The lowest BCUT2D eigenvalue weighted by Gasteiger charge is -1.99. The number of unbranched alkanes of at least 4 members (excludes halogenated alkanes) is 2. The van der Waals surface area contributed by atoms with Crippen molar-refractivity contribution < 1.29 is 13.9 Å². The predicted molar refractivity (Wildman–Crippen MR) is 41.9 cm³/mol. The maximum Gasteiger partial charge on any atom is 0.188 e. The van der Waals surface area contributed by atoms with Gasteiger partial charge in [-0.3, -0.25) is 0 Å². The van der Waals surface area contributed by atoms with Crippen LogP contribution in [0, 0.1) is 6.61 Å². The second-order valence-corrected chi connectivity index (χ2v) is 2.17. The van der Waals surface area contributed by atoms with Crippen molar-refractivity contribution in [1.82, 2.24) is 0 Å². The summed E-state index contributed by atoms with van der Waals surface area (Å²) in [5, 5.41) is 0. The molecule has 0 N–H and O–H groups in total. The molecule has 0 unspecified atom stereocenters. The van der Waals surface area contributed by atoms with E-state index < -0.39 is 6.86 Å². The maximum atomic E-state index is 11.3. The van der Waals surface area contributed by atoms with Gasteiger partial charge in [0.05, 0.1) is 6.61 Å². The Morgan fingerprint density at radius 1 is 1.36 bits per heavy atom. The molecule has 0 fully saturated rings. The molecule has 0 aliphatic heterocycles. The number of hydrogen-bond donors (Lipinski definition) is 0. The van der Waals surface area contributed by atoms with Gasteiger partial charge >= 0.3 is 0 Å². The Bertz CT molecular complexity index is 65.5. The van der Waals surface area contributed by atoms with Crippen LogP contribution in [-0.2, 0) is 9.47 Å². The highest BCUT2D eigenvalue weighted by Gasteiger charge is 1.90. The molecule has 0 saturated heterocycles. The predicted octanol–water partition coefficient (Wildman–Crippen LogP) is 2.47. The first-order chi connectivity index (χ1) is 5.41. The lowest BCUT2D eigenvalue weighted by Crippen LogP contribution is -1.92. The Labute approximate surface area is 71.6 Å². The van der Waals surface area contributed by atoms with Crippen LogP contribution in [0.1, 0.15) is 19.3 Å². The molecule has 4 heteroatoms. The van der Waals surface area contributed by atoms with Gasteiger partial charge in [-0.15, -0.1) is 0 Å². The highest BCUT2D eigenvalue weighted by Crippen LogP contribution is 2.00. The first-order valence-corrected chi connectivity index (χ1v) is 4.08. The van der Waals surface area contributed by atoms with E-state index in [1.807, 2.05) is 0 Å². The van der Waals surface area contributed by atoms with Crippen LogP contribution >= 0.6 is 11.6 Å². The average molecular weight is 184 g/mol. The lowest BCUT2D eigenvalue weighted by molar-refractivity contribution is 0.0990. The summed E-state index contributed by atoms with van der Waals surface area (Å²) in [5.41, 5.74) is 0. The van der Waals surface area contributed by atoms with Crippen molar-refractivity contribution in [3.05, 3.63) is 6.61 Å². The zero-order valence-corrected chi connectivity index (χ0v) is 7.15. The van der Waals surface area contributed by atoms with E-state index >= 15 is 0 Å². The number of halogens is 2. The molecule has 0 aliphatic carbocycles. The monoisotopic (exact) mass is 183 g/mol. The average Bonchev–Trinajstić information content (AvgIpc) is 2.03. The number of alkyl halides is 2.